The Balaban J connectivity index is 1.69. The fourth-order valence-electron chi connectivity index (χ4n) is 3.94. The van der Waals surface area contributed by atoms with E-state index in [9.17, 15) is 31.1 Å². The smallest absolute Gasteiger partial charge is 0.332 e. The molecule has 1 aliphatic rings. The third-order valence-corrected chi connectivity index (χ3v) is 6.38. The van der Waals surface area contributed by atoms with Crippen molar-refractivity contribution in [1.82, 2.24) is 19.7 Å². The number of hydrogen-bond donors (Lipinski definition) is 0. The van der Waals surface area contributed by atoms with E-state index in [0.29, 0.717) is 28.8 Å². The Labute approximate surface area is 195 Å². The summed E-state index contributed by atoms with van der Waals surface area (Å²) in [7, 11) is 1.13. The molecule has 12 heteroatoms. The number of rotatable bonds is 7. The van der Waals surface area contributed by atoms with Crippen LogP contribution in [-0.4, -0.2) is 37.7 Å². The monoisotopic (exact) mass is 502 g/mol. The molecule has 182 valence electrons. The molecular formula is C22H20F6N4OS. The molecule has 34 heavy (non-hydrogen) atoms. The summed E-state index contributed by atoms with van der Waals surface area (Å²) in [6.07, 6.45) is -5.72. The van der Waals surface area contributed by atoms with E-state index in [1.54, 1.807) is 23.8 Å². The number of pyridine rings is 1. The van der Waals surface area contributed by atoms with Crippen LogP contribution < -0.4 is 0 Å². The Morgan fingerprint density at radius 2 is 2.03 bits per heavy atom. The summed E-state index contributed by atoms with van der Waals surface area (Å²) >= 11 is 1.31. The highest BCUT2D eigenvalue weighted by atomic mass is 32.1. The zero-order valence-electron chi connectivity index (χ0n) is 18.1. The second-order valence-corrected chi connectivity index (χ2v) is 8.98. The minimum absolute atomic E-state index is 0.0530. The van der Waals surface area contributed by atoms with Crippen LogP contribution in [0.3, 0.4) is 0 Å². The summed E-state index contributed by atoms with van der Waals surface area (Å²) in [5.74, 6) is -2.08. The van der Waals surface area contributed by atoms with Gasteiger partial charge in [0, 0.05) is 37.3 Å². The van der Waals surface area contributed by atoms with Gasteiger partial charge >= 0.3 is 6.18 Å². The van der Waals surface area contributed by atoms with Crippen LogP contribution in [0.25, 0.3) is 11.1 Å². The van der Waals surface area contributed by atoms with Crippen molar-refractivity contribution in [2.24, 2.45) is 7.05 Å². The Morgan fingerprint density at radius 1 is 1.32 bits per heavy atom. The highest BCUT2D eigenvalue weighted by molar-refractivity contribution is 7.08. The lowest BCUT2D eigenvalue weighted by Crippen LogP contribution is -2.42. The summed E-state index contributed by atoms with van der Waals surface area (Å²) in [4.78, 5) is 18.6. The normalized spacial score (nSPS) is 15.1. The second-order valence-electron chi connectivity index (χ2n) is 8.20. The molecule has 0 spiro atoms. The van der Waals surface area contributed by atoms with Crippen molar-refractivity contribution in [2.45, 2.75) is 50.9 Å². The lowest BCUT2D eigenvalue weighted by molar-refractivity contribution is -0.137. The number of carbonyl (C=O) groups is 1. The number of halogens is 6. The summed E-state index contributed by atoms with van der Waals surface area (Å²) in [5.41, 5.74) is -1.48. The molecule has 0 radical (unpaired) electrons. The van der Waals surface area contributed by atoms with Crippen LogP contribution in [0, 0.1) is 5.95 Å². The first kappa shape index (κ1) is 24.2. The molecule has 1 fully saturated rings. The summed E-state index contributed by atoms with van der Waals surface area (Å²) in [6.45, 7) is 1.64. The number of carbonyl (C=O) groups excluding carboxylic acids is 1. The molecule has 3 aromatic rings. The molecule has 1 aliphatic carbocycles. The largest absolute Gasteiger partial charge is 0.417 e. The molecule has 3 aromatic heterocycles. The van der Waals surface area contributed by atoms with E-state index in [1.165, 1.54) is 16.2 Å². The Hall–Kier alpha value is -2.89. The molecule has 0 bridgehead atoms. The minimum atomic E-state index is -4.58. The van der Waals surface area contributed by atoms with Crippen molar-refractivity contribution >= 4 is 17.2 Å². The summed E-state index contributed by atoms with van der Waals surface area (Å²) in [6, 6.07) is 1.74. The molecule has 1 atom stereocenters. The zero-order valence-corrected chi connectivity index (χ0v) is 18.9. The number of nitrogens with zero attached hydrogens (tertiary/aromatic N) is 4. The fourth-order valence-corrected chi connectivity index (χ4v) is 4.59. The number of thiophene rings is 1. The Morgan fingerprint density at radius 3 is 2.59 bits per heavy atom. The van der Waals surface area contributed by atoms with E-state index in [-0.39, 0.29) is 18.0 Å². The first-order valence-corrected chi connectivity index (χ1v) is 11.3. The topological polar surface area (TPSA) is 51.0 Å². The molecule has 1 unspecified atom stereocenters. The standard InChI is InChI=1S/C22H20F6N4OS/c1-11(7-16-15(12-5-6-34-10-12)8-13(9-29-16)22(26,27)28)32(14-3-4-14)21(33)17-18(19(23)24)30-31(2)20(17)25/h5-6,8-11,14,19H,3-4,7H2,1-2H3. The van der Waals surface area contributed by atoms with Crippen molar-refractivity contribution in [3.8, 4) is 11.1 Å². The molecular weight excluding hydrogens is 482 g/mol. The molecule has 4 rings (SSSR count). The van der Waals surface area contributed by atoms with Gasteiger partial charge in [-0.25, -0.2) is 13.5 Å². The van der Waals surface area contributed by atoms with Crippen LogP contribution in [0.2, 0.25) is 0 Å². The maximum absolute atomic E-state index is 14.6. The molecule has 1 amide bonds. The van der Waals surface area contributed by atoms with E-state index < -0.39 is 47.3 Å². The number of alkyl halides is 5. The highest BCUT2D eigenvalue weighted by Gasteiger charge is 2.41. The number of amides is 1. The predicted octanol–water partition coefficient (Wildman–Crippen LogP) is 5.87. The number of aromatic nitrogens is 3. The van der Waals surface area contributed by atoms with Gasteiger partial charge in [0.05, 0.1) is 11.3 Å². The van der Waals surface area contributed by atoms with Crippen LogP contribution in [-0.2, 0) is 19.6 Å². The SMILES string of the molecule is CC(Cc1ncc(C(F)(F)F)cc1-c1ccsc1)N(C(=O)c1c(C(F)F)nn(C)c1F)C1CC1. The van der Waals surface area contributed by atoms with Gasteiger partial charge in [0.25, 0.3) is 12.3 Å². The van der Waals surface area contributed by atoms with Crippen molar-refractivity contribution in [3.05, 3.63) is 57.6 Å². The van der Waals surface area contributed by atoms with Crippen LogP contribution in [0.4, 0.5) is 26.3 Å². The number of aryl methyl sites for hydroxylation is 1. The first-order chi connectivity index (χ1) is 16.0. The van der Waals surface area contributed by atoms with Gasteiger partial charge in [-0.05, 0) is 48.2 Å². The van der Waals surface area contributed by atoms with Gasteiger partial charge < -0.3 is 4.90 Å². The molecule has 1 saturated carbocycles. The van der Waals surface area contributed by atoms with Gasteiger partial charge in [-0.1, -0.05) is 0 Å². The maximum atomic E-state index is 14.6. The molecule has 5 nitrogen and oxygen atoms in total. The van der Waals surface area contributed by atoms with E-state index in [1.807, 2.05) is 0 Å². The van der Waals surface area contributed by atoms with Crippen LogP contribution in [0.1, 0.15) is 53.5 Å². The van der Waals surface area contributed by atoms with E-state index in [0.717, 1.165) is 19.3 Å². The van der Waals surface area contributed by atoms with E-state index >= 15 is 0 Å². The quantitative estimate of drug-likeness (QED) is 0.380. The van der Waals surface area contributed by atoms with E-state index in [4.69, 9.17) is 0 Å². The zero-order chi connectivity index (χ0) is 24.8. The van der Waals surface area contributed by atoms with Crippen molar-refractivity contribution in [3.63, 3.8) is 0 Å². The van der Waals surface area contributed by atoms with Crippen molar-refractivity contribution in [2.75, 3.05) is 0 Å². The minimum Gasteiger partial charge on any atom is -0.332 e. The molecule has 3 heterocycles. The lowest BCUT2D eigenvalue weighted by atomic mass is 9.99. The van der Waals surface area contributed by atoms with Crippen LogP contribution in [0.15, 0.2) is 29.1 Å². The van der Waals surface area contributed by atoms with Crippen LogP contribution in [0.5, 0.6) is 0 Å². The third kappa shape index (κ3) is 4.68. The second kappa shape index (κ2) is 9.05. The summed E-state index contributed by atoms with van der Waals surface area (Å²) < 4.78 is 81.9. The van der Waals surface area contributed by atoms with Gasteiger partial charge in [-0.15, -0.1) is 0 Å². The van der Waals surface area contributed by atoms with Gasteiger partial charge in [0.1, 0.15) is 11.3 Å². The average molecular weight is 502 g/mol. The molecule has 0 saturated heterocycles. The average Bonchev–Trinajstić information content (AvgIpc) is 3.33. The maximum Gasteiger partial charge on any atom is 0.417 e. The Kier molecular flexibility index (Phi) is 6.45. The highest BCUT2D eigenvalue weighted by Crippen LogP contribution is 2.37. The third-order valence-electron chi connectivity index (χ3n) is 5.69. The summed E-state index contributed by atoms with van der Waals surface area (Å²) in [5, 5.41) is 6.85. The van der Waals surface area contributed by atoms with Crippen molar-refractivity contribution < 1.29 is 31.1 Å². The molecule has 0 aromatic carbocycles. The van der Waals surface area contributed by atoms with Gasteiger partial charge in [-0.2, -0.15) is 34.0 Å². The molecule has 0 aliphatic heterocycles. The predicted molar refractivity (Wildman–Crippen MR) is 113 cm³/mol. The van der Waals surface area contributed by atoms with Gasteiger partial charge in [0.2, 0.25) is 5.95 Å². The molecule has 0 N–H and O–H groups in total. The van der Waals surface area contributed by atoms with Crippen molar-refractivity contribution in [1.29, 1.82) is 0 Å². The van der Waals surface area contributed by atoms with Gasteiger partial charge in [0.15, 0.2) is 0 Å². The lowest BCUT2D eigenvalue weighted by Gasteiger charge is -2.30. The van der Waals surface area contributed by atoms with Gasteiger partial charge in [-0.3, -0.25) is 9.78 Å². The van der Waals surface area contributed by atoms with Crippen LogP contribution >= 0.6 is 11.3 Å². The van der Waals surface area contributed by atoms with E-state index in [2.05, 4.69) is 10.1 Å². The Bertz CT molecular complexity index is 1190. The fraction of sp³-hybridized carbons (Fsp3) is 0.409. The first-order valence-electron chi connectivity index (χ1n) is 10.4. The number of hydrogen-bond acceptors (Lipinski definition) is 4.